The summed E-state index contributed by atoms with van der Waals surface area (Å²) in [6, 6.07) is 4.07. The molecular weight excluding hydrogens is 162 g/mol. The molecule has 0 saturated heterocycles. The van der Waals surface area contributed by atoms with Crippen LogP contribution >= 0.6 is 0 Å². The molecule has 0 amide bonds. The molecule has 1 N–H and O–H groups in total. The van der Waals surface area contributed by atoms with E-state index in [9.17, 15) is 5.11 Å². The first-order valence-electron chi connectivity index (χ1n) is 4.93. The van der Waals surface area contributed by atoms with Crippen LogP contribution in [0.3, 0.4) is 0 Å². The zero-order valence-corrected chi connectivity index (χ0v) is 7.69. The molecule has 2 nitrogen and oxygen atoms in total. The van der Waals surface area contributed by atoms with Gasteiger partial charge in [0.1, 0.15) is 0 Å². The first kappa shape index (κ1) is 8.70. The summed E-state index contributed by atoms with van der Waals surface area (Å²) in [6.07, 6.45) is 7.89. The van der Waals surface area contributed by atoms with E-state index in [1.54, 1.807) is 0 Å². The van der Waals surface area contributed by atoms with E-state index in [2.05, 4.69) is 4.98 Å². The Morgan fingerprint density at radius 2 is 2.08 bits per heavy atom. The molecule has 1 aromatic rings. The predicted molar refractivity (Wildman–Crippen MR) is 51.3 cm³/mol. The highest BCUT2D eigenvalue weighted by Crippen LogP contribution is 2.28. The van der Waals surface area contributed by atoms with Crippen LogP contribution in [-0.2, 0) is 6.42 Å². The topological polar surface area (TPSA) is 33.1 Å². The van der Waals surface area contributed by atoms with Crippen molar-refractivity contribution in [1.29, 1.82) is 0 Å². The van der Waals surface area contributed by atoms with Crippen molar-refractivity contribution in [3.8, 4) is 0 Å². The van der Waals surface area contributed by atoms with Gasteiger partial charge in [0.2, 0.25) is 0 Å². The van der Waals surface area contributed by atoms with E-state index in [-0.39, 0.29) is 6.10 Å². The number of rotatable bonds is 2. The lowest BCUT2D eigenvalue weighted by Gasteiger charge is -2.13. The number of hydrogen-bond donors (Lipinski definition) is 1. The zero-order valence-electron chi connectivity index (χ0n) is 7.69. The van der Waals surface area contributed by atoms with Crippen molar-refractivity contribution in [2.24, 2.45) is 5.92 Å². The van der Waals surface area contributed by atoms with Gasteiger partial charge in [-0.3, -0.25) is 4.98 Å². The highest BCUT2D eigenvalue weighted by molar-refractivity contribution is 5.11. The molecule has 0 bridgehead atoms. The molecule has 1 aliphatic carbocycles. The van der Waals surface area contributed by atoms with Gasteiger partial charge >= 0.3 is 0 Å². The Morgan fingerprint density at radius 1 is 1.31 bits per heavy atom. The van der Waals surface area contributed by atoms with Crippen LogP contribution in [0.1, 0.15) is 24.8 Å². The lowest BCUT2D eigenvalue weighted by molar-refractivity contribution is 0.132. The van der Waals surface area contributed by atoms with Gasteiger partial charge in [0.05, 0.1) is 6.10 Å². The van der Waals surface area contributed by atoms with Crippen molar-refractivity contribution in [3.63, 3.8) is 0 Å². The number of pyridine rings is 1. The Balaban J connectivity index is 1.98. The lowest BCUT2D eigenvalue weighted by atomic mass is 9.97. The van der Waals surface area contributed by atoms with Crippen LogP contribution < -0.4 is 0 Å². The van der Waals surface area contributed by atoms with Crippen molar-refractivity contribution in [2.75, 3.05) is 0 Å². The molecule has 2 rings (SSSR count). The van der Waals surface area contributed by atoms with Gasteiger partial charge in [0.25, 0.3) is 0 Å². The third kappa shape index (κ3) is 2.07. The minimum absolute atomic E-state index is 0.0758. The molecule has 1 aliphatic rings. The average molecular weight is 177 g/mol. The van der Waals surface area contributed by atoms with Crippen molar-refractivity contribution in [3.05, 3.63) is 30.1 Å². The minimum Gasteiger partial charge on any atom is -0.393 e. The SMILES string of the molecule is OC1CCCC1Cc1ccncc1. The molecule has 0 radical (unpaired) electrons. The van der Waals surface area contributed by atoms with E-state index in [0.29, 0.717) is 5.92 Å². The summed E-state index contributed by atoms with van der Waals surface area (Å²) in [6.45, 7) is 0. The number of hydrogen-bond acceptors (Lipinski definition) is 2. The second-order valence-electron chi connectivity index (χ2n) is 3.82. The molecule has 1 heterocycles. The molecule has 1 fully saturated rings. The molecule has 2 atom stereocenters. The first-order valence-corrected chi connectivity index (χ1v) is 4.93. The van der Waals surface area contributed by atoms with Crippen LogP contribution in [-0.4, -0.2) is 16.2 Å². The summed E-state index contributed by atoms with van der Waals surface area (Å²) in [4.78, 5) is 3.98. The van der Waals surface area contributed by atoms with E-state index in [1.807, 2.05) is 24.5 Å². The molecule has 0 aliphatic heterocycles. The van der Waals surface area contributed by atoms with Crippen molar-refractivity contribution >= 4 is 0 Å². The molecular formula is C11H15NO. The van der Waals surface area contributed by atoms with Crippen LogP contribution in [0.15, 0.2) is 24.5 Å². The van der Waals surface area contributed by atoms with Crippen LogP contribution in [0.5, 0.6) is 0 Å². The summed E-state index contributed by atoms with van der Waals surface area (Å²) in [5.74, 6) is 0.474. The van der Waals surface area contributed by atoms with Crippen molar-refractivity contribution < 1.29 is 5.11 Å². The molecule has 1 saturated carbocycles. The third-order valence-corrected chi connectivity index (χ3v) is 2.87. The zero-order chi connectivity index (χ0) is 9.10. The fourth-order valence-electron chi connectivity index (χ4n) is 2.08. The maximum atomic E-state index is 9.63. The minimum atomic E-state index is -0.0758. The molecule has 13 heavy (non-hydrogen) atoms. The van der Waals surface area contributed by atoms with Gasteiger partial charge in [-0.1, -0.05) is 6.42 Å². The van der Waals surface area contributed by atoms with E-state index in [0.717, 1.165) is 12.8 Å². The Kier molecular flexibility index (Phi) is 2.60. The lowest BCUT2D eigenvalue weighted by Crippen LogP contribution is -2.15. The molecule has 2 unspecified atom stereocenters. The third-order valence-electron chi connectivity index (χ3n) is 2.87. The first-order chi connectivity index (χ1) is 6.36. The Bertz CT molecular complexity index is 260. The molecule has 0 spiro atoms. The van der Waals surface area contributed by atoms with Crippen LogP contribution in [0.4, 0.5) is 0 Å². The molecule has 1 aromatic heterocycles. The van der Waals surface area contributed by atoms with Gasteiger partial charge in [0.15, 0.2) is 0 Å². The molecule has 0 aromatic carbocycles. The maximum Gasteiger partial charge on any atom is 0.0571 e. The van der Waals surface area contributed by atoms with Crippen molar-refractivity contribution in [1.82, 2.24) is 4.98 Å². The van der Waals surface area contributed by atoms with Crippen LogP contribution in [0.25, 0.3) is 0 Å². The fourth-order valence-corrected chi connectivity index (χ4v) is 2.08. The van der Waals surface area contributed by atoms with Gasteiger partial charge in [-0.2, -0.15) is 0 Å². The van der Waals surface area contributed by atoms with E-state index < -0.39 is 0 Å². The van der Waals surface area contributed by atoms with Crippen LogP contribution in [0, 0.1) is 5.92 Å². The fraction of sp³-hybridized carbons (Fsp3) is 0.545. The van der Waals surface area contributed by atoms with Crippen molar-refractivity contribution in [2.45, 2.75) is 31.8 Å². The van der Waals surface area contributed by atoms with Gasteiger partial charge in [-0.25, -0.2) is 0 Å². The van der Waals surface area contributed by atoms with Gasteiger partial charge < -0.3 is 5.11 Å². The second-order valence-corrected chi connectivity index (χ2v) is 3.82. The molecule has 70 valence electrons. The maximum absolute atomic E-state index is 9.63. The highest BCUT2D eigenvalue weighted by Gasteiger charge is 2.24. The van der Waals surface area contributed by atoms with Gasteiger partial charge in [-0.15, -0.1) is 0 Å². The number of aliphatic hydroxyl groups is 1. The number of nitrogens with zero attached hydrogens (tertiary/aromatic N) is 1. The smallest absolute Gasteiger partial charge is 0.0571 e. The molecule has 2 heteroatoms. The normalized spacial score (nSPS) is 27.8. The summed E-state index contributed by atoms with van der Waals surface area (Å²) in [5, 5.41) is 9.63. The Morgan fingerprint density at radius 3 is 2.69 bits per heavy atom. The number of aliphatic hydroxyl groups excluding tert-OH is 1. The number of aromatic nitrogens is 1. The van der Waals surface area contributed by atoms with Gasteiger partial charge in [-0.05, 0) is 42.9 Å². The summed E-state index contributed by atoms with van der Waals surface area (Å²) in [7, 11) is 0. The average Bonchev–Trinajstić information content (AvgIpc) is 2.54. The summed E-state index contributed by atoms with van der Waals surface area (Å²) in [5.41, 5.74) is 1.29. The summed E-state index contributed by atoms with van der Waals surface area (Å²) >= 11 is 0. The van der Waals surface area contributed by atoms with E-state index >= 15 is 0 Å². The highest BCUT2D eigenvalue weighted by atomic mass is 16.3. The largest absolute Gasteiger partial charge is 0.393 e. The standard InChI is InChI=1S/C11H15NO/c13-11-3-1-2-10(11)8-9-4-6-12-7-5-9/h4-7,10-11,13H,1-3,8H2. The van der Waals surface area contributed by atoms with Gasteiger partial charge in [0, 0.05) is 12.4 Å². The Hall–Kier alpha value is -0.890. The van der Waals surface area contributed by atoms with E-state index in [1.165, 1.54) is 18.4 Å². The monoisotopic (exact) mass is 177 g/mol. The van der Waals surface area contributed by atoms with E-state index in [4.69, 9.17) is 0 Å². The predicted octanol–water partition coefficient (Wildman–Crippen LogP) is 1.79. The summed E-state index contributed by atoms with van der Waals surface area (Å²) < 4.78 is 0. The quantitative estimate of drug-likeness (QED) is 0.747. The second kappa shape index (κ2) is 3.88. The Labute approximate surface area is 78.6 Å². The van der Waals surface area contributed by atoms with Crippen LogP contribution in [0.2, 0.25) is 0 Å².